The molecule has 1 aromatic rings. The van der Waals surface area contributed by atoms with Gasteiger partial charge in [-0.1, -0.05) is 62.3 Å². The molecule has 3 nitrogen and oxygen atoms in total. The zero-order chi connectivity index (χ0) is 17.5. The summed E-state index contributed by atoms with van der Waals surface area (Å²) >= 11 is 6.03. The van der Waals surface area contributed by atoms with Crippen LogP contribution in [0.15, 0.2) is 24.3 Å². The molecule has 3 aliphatic rings. The van der Waals surface area contributed by atoms with Gasteiger partial charge in [0, 0.05) is 5.02 Å². The molecule has 0 aromatic heterocycles. The SMILES string of the molecule is O=C1O[C@H](c2ccc(Cl)cc2)C2(CCCCC2)C(=O)C12CCCCC2. The number of Topliss-reactive ketones (excluding diaryl/α,β-unsaturated/α-hetero) is 1. The fraction of sp³-hybridized carbons (Fsp3) is 0.619. The Morgan fingerprint density at radius 1 is 0.840 bits per heavy atom. The van der Waals surface area contributed by atoms with Gasteiger partial charge in [-0.3, -0.25) is 9.59 Å². The van der Waals surface area contributed by atoms with E-state index in [-0.39, 0.29) is 11.8 Å². The normalized spacial score (nSPS) is 28.1. The minimum Gasteiger partial charge on any atom is -0.456 e. The van der Waals surface area contributed by atoms with Gasteiger partial charge in [-0.05, 0) is 43.4 Å². The highest BCUT2D eigenvalue weighted by Crippen LogP contribution is 2.58. The van der Waals surface area contributed by atoms with E-state index in [1.807, 2.05) is 24.3 Å². The lowest BCUT2D eigenvalue weighted by atomic mass is 9.55. The molecule has 134 valence electrons. The molecule has 1 aliphatic heterocycles. The predicted molar refractivity (Wildman–Crippen MR) is 96.3 cm³/mol. The Hall–Kier alpha value is -1.35. The molecule has 4 rings (SSSR count). The standard InChI is InChI=1S/C21H25ClO3/c22-16-9-7-15(8-10-16)17-20(11-3-1-4-12-20)18(23)21(19(24)25-17)13-5-2-6-14-21/h7-10,17H,1-6,11-14H2/t17-/m1/s1. The molecule has 1 saturated heterocycles. The number of ether oxygens (including phenoxy) is 1. The van der Waals surface area contributed by atoms with E-state index in [9.17, 15) is 9.59 Å². The van der Waals surface area contributed by atoms with Crippen LogP contribution < -0.4 is 0 Å². The largest absolute Gasteiger partial charge is 0.456 e. The first-order valence-electron chi connectivity index (χ1n) is 9.60. The van der Waals surface area contributed by atoms with Gasteiger partial charge in [0.15, 0.2) is 5.78 Å². The zero-order valence-corrected chi connectivity index (χ0v) is 15.3. The third-order valence-corrected chi connectivity index (χ3v) is 6.88. The summed E-state index contributed by atoms with van der Waals surface area (Å²) in [7, 11) is 0. The Morgan fingerprint density at radius 3 is 2.00 bits per heavy atom. The number of carbonyl (C=O) groups excluding carboxylic acids is 2. The number of esters is 1. The van der Waals surface area contributed by atoms with Gasteiger partial charge in [-0.2, -0.15) is 0 Å². The Bertz CT molecular complexity index is 667. The summed E-state index contributed by atoms with van der Waals surface area (Å²) in [5.41, 5.74) is -0.519. The van der Waals surface area contributed by atoms with E-state index in [1.54, 1.807) is 0 Å². The third-order valence-electron chi connectivity index (χ3n) is 6.63. The number of cyclic esters (lactones) is 1. The van der Waals surface area contributed by atoms with E-state index in [1.165, 1.54) is 0 Å². The third kappa shape index (κ3) is 2.63. The summed E-state index contributed by atoms with van der Waals surface area (Å²) in [6.07, 6.45) is 8.75. The van der Waals surface area contributed by atoms with Gasteiger partial charge in [0.2, 0.25) is 0 Å². The average molecular weight is 361 g/mol. The number of benzene rings is 1. The van der Waals surface area contributed by atoms with Crippen molar-refractivity contribution in [2.24, 2.45) is 10.8 Å². The van der Waals surface area contributed by atoms with Crippen LogP contribution in [0.2, 0.25) is 5.02 Å². The second kappa shape index (κ2) is 6.42. The van der Waals surface area contributed by atoms with Crippen molar-refractivity contribution in [3.05, 3.63) is 34.9 Å². The predicted octanol–water partition coefficient (Wildman–Crippen LogP) is 5.41. The van der Waals surface area contributed by atoms with Gasteiger partial charge in [0.1, 0.15) is 11.5 Å². The smallest absolute Gasteiger partial charge is 0.320 e. The van der Waals surface area contributed by atoms with Crippen LogP contribution in [0.3, 0.4) is 0 Å². The zero-order valence-electron chi connectivity index (χ0n) is 14.6. The minimum atomic E-state index is -0.876. The van der Waals surface area contributed by atoms with Gasteiger partial charge in [-0.15, -0.1) is 0 Å². The van der Waals surface area contributed by atoms with Gasteiger partial charge in [-0.25, -0.2) is 0 Å². The summed E-state index contributed by atoms with van der Waals surface area (Å²) in [6, 6.07) is 7.44. The summed E-state index contributed by atoms with van der Waals surface area (Å²) in [5.74, 6) is -0.107. The van der Waals surface area contributed by atoms with E-state index in [0.717, 1.165) is 56.9 Å². The van der Waals surface area contributed by atoms with Gasteiger partial charge in [0.25, 0.3) is 0 Å². The van der Waals surface area contributed by atoms with Crippen LogP contribution in [0.4, 0.5) is 0 Å². The van der Waals surface area contributed by atoms with Gasteiger partial charge >= 0.3 is 5.97 Å². The number of halogens is 1. The van der Waals surface area contributed by atoms with E-state index in [0.29, 0.717) is 17.9 Å². The lowest BCUT2D eigenvalue weighted by molar-refractivity contribution is -0.198. The number of hydrogen-bond donors (Lipinski definition) is 0. The fourth-order valence-electron chi connectivity index (χ4n) is 5.30. The molecule has 2 aliphatic carbocycles. The first kappa shape index (κ1) is 17.1. The Labute approximate surface area is 154 Å². The Kier molecular flexibility index (Phi) is 4.39. The lowest BCUT2D eigenvalue weighted by Crippen LogP contribution is -2.58. The molecule has 1 atom stereocenters. The van der Waals surface area contributed by atoms with Crippen LogP contribution in [0.1, 0.15) is 75.9 Å². The average Bonchev–Trinajstić information content (AvgIpc) is 2.66. The maximum atomic E-state index is 13.8. The maximum Gasteiger partial charge on any atom is 0.320 e. The second-order valence-electron chi connectivity index (χ2n) is 8.03. The van der Waals surface area contributed by atoms with Gasteiger partial charge in [0.05, 0.1) is 5.41 Å². The van der Waals surface area contributed by atoms with Crippen molar-refractivity contribution in [3.8, 4) is 0 Å². The number of carbonyl (C=O) groups is 2. The molecular formula is C21H25ClO3. The summed E-state index contributed by atoms with van der Waals surface area (Å²) in [6.45, 7) is 0. The molecule has 2 spiro atoms. The highest BCUT2D eigenvalue weighted by molar-refractivity contribution is 6.30. The molecule has 0 amide bonds. The Morgan fingerprint density at radius 2 is 1.40 bits per heavy atom. The van der Waals surface area contributed by atoms with Crippen LogP contribution in [0.25, 0.3) is 0 Å². The van der Waals surface area contributed by atoms with E-state index in [2.05, 4.69) is 0 Å². The molecular weight excluding hydrogens is 336 g/mol. The van der Waals surface area contributed by atoms with Crippen molar-refractivity contribution >= 4 is 23.4 Å². The first-order chi connectivity index (χ1) is 12.1. The summed E-state index contributed by atoms with van der Waals surface area (Å²) in [4.78, 5) is 26.8. The van der Waals surface area contributed by atoms with Crippen molar-refractivity contribution in [2.45, 2.75) is 70.3 Å². The van der Waals surface area contributed by atoms with Crippen LogP contribution >= 0.6 is 11.6 Å². The van der Waals surface area contributed by atoms with Crippen molar-refractivity contribution in [2.75, 3.05) is 0 Å². The highest BCUT2D eigenvalue weighted by Gasteiger charge is 2.63. The lowest BCUT2D eigenvalue weighted by Gasteiger charge is -2.52. The molecule has 0 radical (unpaired) electrons. The molecule has 0 unspecified atom stereocenters. The van der Waals surface area contributed by atoms with E-state index < -0.39 is 16.9 Å². The van der Waals surface area contributed by atoms with Crippen LogP contribution in [0, 0.1) is 10.8 Å². The van der Waals surface area contributed by atoms with Crippen molar-refractivity contribution in [3.63, 3.8) is 0 Å². The number of ketones is 1. The van der Waals surface area contributed by atoms with Crippen molar-refractivity contribution < 1.29 is 14.3 Å². The van der Waals surface area contributed by atoms with Crippen molar-refractivity contribution in [1.29, 1.82) is 0 Å². The second-order valence-corrected chi connectivity index (χ2v) is 8.46. The minimum absolute atomic E-state index is 0.176. The van der Waals surface area contributed by atoms with Gasteiger partial charge < -0.3 is 4.74 Å². The molecule has 3 fully saturated rings. The topological polar surface area (TPSA) is 43.4 Å². The summed E-state index contributed by atoms with van der Waals surface area (Å²) in [5, 5.41) is 0.652. The molecule has 1 aromatic carbocycles. The van der Waals surface area contributed by atoms with Crippen LogP contribution in [-0.4, -0.2) is 11.8 Å². The molecule has 4 heteroatoms. The van der Waals surface area contributed by atoms with Crippen LogP contribution in [-0.2, 0) is 14.3 Å². The first-order valence-corrected chi connectivity index (χ1v) is 9.98. The quantitative estimate of drug-likeness (QED) is 0.497. The monoisotopic (exact) mass is 360 g/mol. The maximum absolute atomic E-state index is 13.8. The highest BCUT2D eigenvalue weighted by atomic mass is 35.5. The fourth-order valence-corrected chi connectivity index (χ4v) is 5.43. The molecule has 25 heavy (non-hydrogen) atoms. The van der Waals surface area contributed by atoms with E-state index >= 15 is 0 Å². The van der Waals surface area contributed by atoms with Crippen LogP contribution in [0.5, 0.6) is 0 Å². The Balaban J connectivity index is 1.78. The molecule has 0 bridgehead atoms. The number of rotatable bonds is 1. The number of hydrogen-bond acceptors (Lipinski definition) is 3. The van der Waals surface area contributed by atoms with E-state index in [4.69, 9.17) is 16.3 Å². The van der Waals surface area contributed by atoms with Crippen molar-refractivity contribution in [1.82, 2.24) is 0 Å². The molecule has 1 heterocycles. The molecule has 0 N–H and O–H groups in total. The summed E-state index contributed by atoms with van der Waals surface area (Å²) < 4.78 is 6.07. The molecule has 2 saturated carbocycles.